The molecule has 2 saturated heterocycles. The second-order valence-electron chi connectivity index (χ2n) is 9.00. The summed E-state index contributed by atoms with van der Waals surface area (Å²) in [4.78, 5) is 0.531. The van der Waals surface area contributed by atoms with E-state index in [-0.39, 0.29) is 36.0 Å². The van der Waals surface area contributed by atoms with E-state index in [0.29, 0.717) is 10.7 Å². The molecule has 2 heterocycles. The van der Waals surface area contributed by atoms with Crippen LogP contribution in [0, 0.1) is 24.7 Å². The van der Waals surface area contributed by atoms with Gasteiger partial charge in [-0.25, -0.2) is 16.8 Å². The molecule has 2 aliphatic heterocycles. The Bertz CT molecular complexity index is 1100. The summed E-state index contributed by atoms with van der Waals surface area (Å²) in [5.74, 6) is 0. The summed E-state index contributed by atoms with van der Waals surface area (Å²) in [5, 5.41) is 1.01. The quantitative estimate of drug-likeness (QED) is 0.470. The SMILES string of the molecule is Cc1ccc(S(=O)(=O)N2CC3(CBr)CN(S(=O)(=O)c4ccc(C)cc4)CC3(CBr)C2)cc1. The Morgan fingerprint density at radius 1 is 0.656 bits per heavy atom. The lowest BCUT2D eigenvalue weighted by molar-refractivity contribution is 0.228. The molecule has 10 heteroatoms. The molecule has 0 spiro atoms. The highest BCUT2D eigenvalue weighted by molar-refractivity contribution is 9.09. The second-order valence-corrected chi connectivity index (χ2v) is 14.0. The number of hydrogen-bond acceptors (Lipinski definition) is 4. The number of aryl methyl sites for hydroxylation is 2. The molecule has 0 N–H and O–H groups in total. The summed E-state index contributed by atoms with van der Waals surface area (Å²) in [6, 6.07) is 13.7. The highest BCUT2D eigenvalue weighted by atomic mass is 79.9. The van der Waals surface area contributed by atoms with Gasteiger partial charge in [-0.05, 0) is 38.1 Å². The van der Waals surface area contributed by atoms with Crippen molar-refractivity contribution in [1.29, 1.82) is 0 Å². The molecule has 4 rings (SSSR count). The minimum atomic E-state index is -3.68. The summed E-state index contributed by atoms with van der Waals surface area (Å²) in [5.41, 5.74) is 0.916. The van der Waals surface area contributed by atoms with E-state index in [4.69, 9.17) is 0 Å². The zero-order valence-corrected chi connectivity index (χ0v) is 22.8. The maximum absolute atomic E-state index is 13.4. The Labute approximate surface area is 207 Å². The highest BCUT2D eigenvalue weighted by Gasteiger charge is 2.65. The number of benzene rings is 2. The largest absolute Gasteiger partial charge is 0.243 e. The number of nitrogens with zero attached hydrogens (tertiary/aromatic N) is 2. The molecule has 2 aliphatic rings. The van der Waals surface area contributed by atoms with Crippen LogP contribution in [0.3, 0.4) is 0 Å². The van der Waals surface area contributed by atoms with Gasteiger partial charge in [0.15, 0.2) is 0 Å². The average molecular weight is 606 g/mol. The number of hydrogen-bond donors (Lipinski definition) is 0. The molecule has 0 radical (unpaired) electrons. The number of halogens is 2. The van der Waals surface area contributed by atoms with Crippen LogP contribution in [0.5, 0.6) is 0 Å². The Kier molecular flexibility index (Phi) is 6.44. The topological polar surface area (TPSA) is 74.8 Å². The third-order valence-corrected chi connectivity index (χ3v) is 12.6. The van der Waals surface area contributed by atoms with Gasteiger partial charge in [0, 0.05) is 47.7 Å². The lowest BCUT2D eigenvalue weighted by Crippen LogP contribution is -2.42. The molecule has 0 unspecified atom stereocenters. The predicted octanol–water partition coefficient (Wildman–Crippen LogP) is 3.77. The maximum Gasteiger partial charge on any atom is 0.243 e. The minimum Gasteiger partial charge on any atom is -0.207 e. The molecule has 0 saturated carbocycles. The summed E-state index contributed by atoms with van der Waals surface area (Å²) in [6.07, 6.45) is 0. The van der Waals surface area contributed by atoms with E-state index in [2.05, 4.69) is 31.9 Å². The van der Waals surface area contributed by atoms with Gasteiger partial charge in [-0.15, -0.1) is 0 Å². The lowest BCUT2D eigenvalue weighted by Gasteiger charge is -2.35. The number of rotatable bonds is 6. The molecular weight excluding hydrogens is 580 g/mol. The van der Waals surface area contributed by atoms with Crippen molar-refractivity contribution in [2.45, 2.75) is 23.6 Å². The van der Waals surface area contributed by atoms with Crippen molar-refractivity contribution < 1.29 is 16.8 Å². The van der Waals surface area contributed by atoms with E-state index >= 15 is 0 Å². The zero-order valence-electron chi connectivity index (χ0n) is 18.0. The van der Waals surface area contributed by atoms with Crippen LogP contribution < -0.4 is 0 Å². The third-order valence-electron chi connectivity index (χ3n) is 6.87. The molecule has 32 heavy (non-hydrogen) atoms. The first-order valence-corrected chi connectivity index (χ1v) is 15.4. The van der Waals surface area contributed by atoms with Gasteiger partial charge in [-0.1, -0.05) is 67.3 Å². The van der Waals surface area contributed by atoms with E-state index in [9.17, 15) is 16.8 Å². The van der Waals surface area contributed by atoms with E-state index in [1.54, 1.807) is 48.5 Å². The fraction of sp³-hybridized carbons (Fsp3) is 0.455. The summed E-state index contributed by atoms with van der Waals surface area (Å²) >= 11 is 7.21. The van der Waals surface area contributed by atoms with Gasteiger partial charge < -0.3 is 0 Å². The molecule has 0 aromatic heterocycles. The van der Waals surface area contributed by atoms with Crippen molar-refractivity contribution >= 4 is 51.9 Å². The first kappa shape index (κ1) is 24.3. The van der Waals surface area contributed by atoms with Gasteiger partial charge in [0.05, 0.1) is 9.79 Å². The number of sulfonamides is 2. The maximum atomic E-state index is 13.4. The monoisotopic (exact) mass is 604 g/mol. The number of fused-ring (bicyclic) bond motifs is 1. The number of alkyl halides is 2. The van der Waals surface area contributed by atoms with Crippen molar-refractivity contribution in [3.05, 3.63) is 59.7 Å². The highest BCUT2D eigenvalue weighted by Crippen LogP contribution is 2.56. The van der Waals surface area contributed by atoms with Crippen LogP contribution in [-0.4, -0.2) is 62.3 Å². The molecule has 2 aromatic rings. The Hall–Kier alpha value is -0.780. The van der Waals surface area contributed by atoms with Crippen molar-refractivity contribution in [2.75, 3.05) is 36.8 Å². The molecule has 2 fully saturated rings. The lowest BCUT2D eigenvalue weighted by atomic mass is 9.71. The molecule has 0 amide bonds. The van der Waals surface area contributed by atoms with Crippen molar-refractivity contribution in [3.8, 4) is 0 Å². The second kappa shape index (κ2) is 8.46. The van der Waals surface area contributed by atoms with Crippen LogP contribution in [-0.2, 0) is 20.0 Å². The van der Waals surface area contributed by atoms with Gasteiger partial charge in [0.2, 0.25) is 20.0 Å². The first-order valence-electron chi connectivity index (χ1n) is 10.3. The van der Waals surface area contributed by atoms with Gasteiger partial charge in [-0.3, -0.25) is 0 Å². The molecule has 0 bridgehead atoms. The molecule has 6 nitrogen and oxygen atoms in total. The standard InChI is InChI=1S/C22H26Br2N2O4S2/c1-17-3-7-19(8-4-17)31(27,28)25-13-21(11-23)15-26(16-22(21,12-24)14-25)32(29,30)20-9-5-18(2)6-10-20/h3-10H,11-16H2,1-2H3. The average Bonchev–Trinajstić information content (AvgIpc) is 3.25. The third kappa shape index (κ3) is 3.80. The fourth-order valence-electron chi connectivity index (χ4n) is 4.74. The van der Waals surface area contributed by atoms with Gasteiger partial charge in [-0.2, -0.15) is 8.61 Å². The Morgan fingerprint density at radius 3 is 1.19 bits per heavy atom. The molecular formula is C22H26Br2N2O4S2. The summed E-state index contributed by atoms with van der Waals surface area (Å²) in [6.45, 7) is 4.89. The minimum absolute atomic E-state index is 0.264. The van der Waals surface area contributed by atoms with Crippen molar-refractivity contribution in [1.82, 2.24) is 8.61 Å². The van der Waals surface area contributed by atoms with Crippen molar-refractivity contribution in [3.63, 3.8) is 0 Å². The van der Waals surface area contributed by atoms with E-state index in [1.165, 1.54) is 8.61 Å². The molecule has 0 aliphatic carbocycles. The Morgan fingerprint density at radius 2 is 0.938 bits per heavy atom. The predicted molar refractivity (Wildman–Crippen MR) is 132 cm³/mol. The van der Waals surface area contributed by atoms with Crippen LogP contribution >= 0.6 is 31.9 Å². The normalized spacial score (nSPS) is 27.0. The van der Waals surface area contributed by atoms with Crippen LogP contribution in [0.25, 0.3) is 0 Å². The van der Waals surface area contributed by atoms with Gasteiger partial charge in [0.25, 0.3) is 0 Å². The molecule has 2 aromatic carbocycles. The van der Waals surface area contributed by atoms with Crippen LogP contribution in [0.15, 0.2) is 58.3 Å². The van der Waals surface area contributed by atoms with Crippen LogP contribution in [0.4, 0.5) is 0 Å². The fourth-order valence-corrected chi connectivity index (χ4v) is 9.87. The summed E-state index contributed by atoms with van der Waals surface area (Å²) in [7, 11) is -7.36. The van der Waals surface area contributed by atoms with E-state index in [0.717, 1.165) is 11.1 Å². The zero-order chi connectivity index (χ0) is 23.4. The van der Waals surface area contributed by atoms with Crippen molar-refractivity contribution in [2.24, 2.45) is 10.8 Å². The summed E-state index contributed by atoms with van der Waals surface area (Å²) < 4.78 is 56.6. The Balaban J connectivity index is 1.67. The smallest absolute Gasteiger partial charge is 0.207 e. The van der Waals surface area contributed by atoms with E-state index < -0.39 is 30.9 Å². The van der Waals surface area contributed by atoms with Gasteiger partial charge in [0.1, 0.15) is 0 Å². The molecule has 174 valence electrons. The van der Waals surface area contributed by atoms with Gasteiger partial charge >= 0.3 is 0 Å². The first-order chi connectivity index (χ1) is 15.0. The van der Waals surface area contributed by atoms with Crippen LogP contribution in [0.1, 0.15) is 11.1 Å². The van der Waals surface area contributed by atoms with Crippen LogP contribution in [0.2, 0.25) is 0 Å². The van der Waals surface area contributed by atoms with E-state index in [1.807, 2.05) is 13.8 Å². The molecule has 0 atom stereocenters.